The number of hydrogen-bond acceptors (Lipinski definition) is 6. The molecule has 0 radical (unpaired) electrons. The maximum atomic E-state index is 11.6. The van der Waals surface area contributed by atoms with Crippen molar-refractivity contribution in [1.82, 2.24) is 0 Å². The van der Waals surface area contributed by atoms with Gasteiger partial charge in [0.15, 0.2) is 9.84 Å². The van der Waals surface area contributed by atoms with Crippen LogP contribution in [0.3, 0.4) is 0 Å². The summed E-state index contributed by atoms with van der Waals surface area (Å²) in [5.41, 5.74) is 0.542. The first-order chi connectivity index (χ1) is 8.43. The molecule has 0 unspecified atom stereocenters. The van der Waals surface area contributed by atoms with Gasteiger partial charge in [-0.25, -0.2) is 8.42 Å². The first kappa shape index (κ1) is 14.7. The molecule has 0 heterocycles. The molecule has 0 aliphatic rings. The summed E-state index contributed by atoms with van der Waals surface area (Å²) < 4.78 is 27.8. The second kappa shape index (κ2) is 6.53. The summed E-state index contributed by atoms with van der Waals surface area (Å²) in [7, 11) is -5.01. The highest BCUT2D eigenvalue weighted by Gasteiger charge is 2.16. The Morgan fingerprint density at radius 2 is 1.83 bits per heavy atom. The molecule has 0 aliphatic heterocycles. The van der Waals surface area contributed by atoms with Crippen molar-refractivity contribution in [3.63, 3.8) is 0 Å². The van der Waals surface area contributed by atoms with Crippen molar-refractivity contribution >= 4 is 23.4 Å². The number of ether oxygens (including phenoxy) is 1. The van der Waals surface area contributed by atoms with Crippen LogP contribution in [0.5, 0.6) is 5.75 Å². The summed E-state index contributed by atoms with van der Waals surface area (Å²) in [5.74, 6) is -0.157. The Kier molecular flexibility index (Phi) is 5.33. The van der Waals surface area contributed by atoms with Crippen LogP contribution in [0.25, 0.3) is 0 Å². The predicted octanol–water partition coefficient (Wildman–Crippen LogP) is -0.391. The van der Waals surface area contributed by atoms with Crippen molar-refractivity contribution in [2.24, 2.45) is 0 Å². The van der Waals surface area contributed by atoms with Gasteiger partial charge in [0.05, 0.1) is 5.75 Å². The summed E-state index contributed by atoms with van der Waals surface area (Å²) in [4.78, 5) is 10.1. The molecule has 0 spiro atoms. The first-order valence-corrected chi connectivity index (χ1v) is 7.01. The highest BCUT2D eigenvalue weighted by Crippen LogP contribution is 2.14. The fourth-order valence-electron chi connectivity index (χ4n) is 1.33. The van der Waals surface area contributed by atoms with Crippen molar-refractivity contribution in [2.45, 2.75) is 12.1 Å². The molecule has 0 amide bonds. The standard InChI is InChI=1S/C10H13BO6S/c12-8-17-10-3-1-9(2-4-10)7-18(15,16)6-5-11(13)14/h1-4,8,13-14H,5-7H2. The van der Waals surface area contributed by atoms with E-state index in [1.807, 2.05) is 0 Å². The molecule has 0 atom stereocenters. The Bertz CT molecular complexity index is 482. The largest absolute Gasteiger partial charge is 0.452 e. The molecule has 98 valence electrons. The highest BCUT2D eigenvalue weighted by atomic mass is 32.2. The quantitative estimate of drug-likeness (QED) is 0.518. The Morgan fingerprint density at radius 1 is 1.22 bits per heavy atom. The van der Waals surface area contributed by atoms with Gasteiger partial charge in [0.2, 0.25) is 0 Å². The molecule has 0 fully saturated rings. The lowest BCUT2D eigenvalue weighted by molar-refractivity contribution is -0.120. The maximum Gasteiger partial charge on any atom is 0.452 e. The molecule has 0 aromatic heterocycles. The van der Waals surface area contributed by atoms with Crippen molar-refractivity contribution in [3.8, 4) is 5.75 Å². The van der Waals surface area contributed by atoms with E-state index in [2.05, 4.69) is 4.74 Å². The van der Waals surface area contributed by atoms with Crippen LogP contribution in [-0.4, -0.2) is 37.8 Å². The smallest absolute Gasteiger partial charge is 0.429 e. The maximum absolute atomic E-state index is 11.6. The lowest BCUT2D eigenvalue weighted by Crippen LogP contribution is -2.18. The summed E-state index contributed by atoms with van der Waals surface area (Å²) >= 11 is 0. The molecular weight excluding hydrogens is 259 g/mol. The van der Waals surface area contributed by atoms with Gasteiger partial charge in [-0.1, -0.05) is 12.1 Å². The molecule has 0 saturated heterocycles. The fourth-order valence-corrected chi connectivity index (χ4v) is 2.75. The highest BCUT2D eigenvalue weighted by molar-refractivity contribution is 7.90. The van der Waals surface area contributed by atoms with E-state index in [1.54, 1.807) is 0 Å². The van der Waals surface area contributed by atoms with Crippen LogP contribution in [0.4, 0.5) is 0 Å². The lowest BCUT2D eigenvalue weighted by atomic mass is 9.88. The minimum absolute atomic E-state index is 0.193. The van der Waals surface area contributed by atoms with Crippen LogP contribution < -0.4 is 4.74 Å². The van der Waals surface area contributed by atoms with Gasteiger partial charge in [0.25, 0.3) is 6.47 Å². The molecule has 1 aromatic rings. The van der Waals surface area contributed by atoms with Gasteiger partial charge >= 0.3 is 7.12 Å². The van der Waals surface area contributed by atoms with Crippen molar-refractivity contribution < 1.29 is 28.0 Å². The molecule has 18 heavy (non-hydrogen) atoms. The minimum atomic E-state index is -3.39. The molecular formula is C10H13BO6S. The molecule has 1 rings (SSSR count). The van der Waals surface area contributed by atoms with Gasteiger partial charge in [0, 0.05) is 5.75 Å². The van der Waals surface area contributed by atoms with E-state index in [4.69, 9.17) is 10.0 Å². The van der Waals surface area contributed by atoms with E-state index in [0.717, 1.165) is 0 Å². The van der Waals surface area contributed by atoms with Gasteiger partial charge in [-0.3, -0.25) is 4.79 Å². The third-order valence-electron chi connectivity index (χ3n) is 2.18. The van der Waals surface area contributed by atoms with Crippen LogP contribution >= 0.6 is 0 Å². The zero-order chi connectivity index (χ0) is 13.6. The van der Waals surface area contributed by atoms with Crippen molar-refractivity contribution in [2.75, 3.05) is 5.75 Å². The van der Waals surface area contributed by atoms with Crippen LogP contribution in [0.15, 0.2) is 24.3 Å². The van der Waals surface area contributed by atoms with Gasteiger partial charge in [-0.05, 0) is 24.0 Å². The average molecular weight is 272 g/mol. The monoisotopic (exact) mass is 272 g/mol. The van der Waals surface area contributed by atoms with E-state index in [0.29, 0.717) is 11.3 Å². The van der Waals surface area contributed by atoms with E-state index in [9.17, 15) is 13.2 Å². The normalized spacial score (nSPS) is 11.0. The fraction of sp³-hybridized carbons (Fsp3) is 0.300. The third kappa shape index (κ3) is 5.30. The summed E-state index contributed by atoms with van der Waals surface area (Å²) in [6.07, 6.45) is -0.214. The second-order valence-corrected chi connectivity index (χ2v) is 5.90. The van der Waals surface area contributed by atoms with Gasteiger partial charge in [-0.2, -0.15) is 0 Å². The van der Waals surface area contributed by atoms with E-state index >= 15 is 0 Å². The zero-order valence-electron chi connectivity index (χ0n) is 9.52. The van der Waals surface area contributed by atoms with Crippen molar-refractivity contribution in [3.05, 3.63) is 29.8 Å². The van der Waals surface area contributed by atoms with Crippen molar-refractivity contribution in [1.29, 1.82) is 0 Å². The summed E-state index contributed by atoms with van der Waals surface area (Å²) in [6.45, 7) is 0.286. The first-order valence-electron chi connectivity index (χ1n) is 5.19. The van der Waals surface area contributed by atoms with Crippen LogP contribution in [0.2, 0.25) is 6.32 Å². The van der Waals surface area contributed by atoms with Crippen LogP contribution in [0, 0.1) is 0 Å². The number of rotatable bonds is 7. The Labute approximate surface area is 105 Å². The number of carbonyl (C=O) groups excluding carboxylic acids is 1. The molecule has 0 bridgehead atoms. The topological polar surface area (TPSA) is 101 Å². The second-order valence-electron chi connectivity index (χ2n) is 3.72. The number of benzene rings is 1. The lowest BCUT2D eigenvalue weighted by Gasteiger charge is -2.05. The van der Waals surface area contributed by atoms with Gasteiger partial charge < -0.3 is 14.8 Å². The Balaban J connectivity index is 2.63. The van der Waals surface area contributed by atoms with Crippen LogP contribution in [0.1, 0.15) is 5.56 Å². The molecule has 0 aliphatic carbocycles. The molecule has 6 nitrogen and oxygen atoms in total. The van der Waals surface area contributed by atoms with Gasteiger partial charge in [-0.15, -0.1) is 0 Å². The number of sulfone groups is 1. The summed E-state index contributed by atoms with van der Waals surface area (Å²) in [5, 5.41) is 17.2. The van der Waals surface area contributed by atoms with E-state index in [-0.39, 0.29) is 24.3 Å². The SMILES string of the molecule is O=COc1ccc(CS(=O)(=O)CCB(O)O)cc1. The number of hydrogen-bond donors (Lipinski definition) is 2. The molecule has 1 aromatic carbocycles. The van der Waals surface area contributed by atoms with E-state index < -0.39 is 17.0 Å². The Morgan fingerprint density at radius 3 is 2.33 bits per heavy atom. The van der Waals surface area contributed by atoms with Gasteiger partial charge in [0.1, 0.15) is 5.75 Å². The predicted molar refractivity (Wildman–Crippen MR) is 65.6 cm³/mol. The third-order valence-corrected chi connectivity index (χ3v) is 3.81. The van der Waals surface area contributed by atoms with E-state index in [1.165, 1.54) is 24.3 Å². The molecule has 2 N–H and O–H groups in total. The number of carbonyl (C=O) groups is 1. The Hall–Kier alpha value is -1.38. The minimum Gasteiger partial charge on any atom is -0.429 e. The van der Waals surface area contributed by atoms with Crippen LogP contribution in [-0.2, 0) is 20.4 Å². The average Bonchev–Trinajstić information content (AvgIpc) is 2.29. The summed E-state index contributed by atoms with van der Waals surface area (Å²) in [6, 6.07) is 6.04. The molecule has 0 saturated carbocycles. The zero-order valence-corrected chi connectivity index (χ0v) is 10.3. The molecule has 8 heteroatoms.